The summed E-state index contributed by atoms with van der Waals surface area (Å²) in [4.78, 5) is 24.8. The van der Waals surface area contributed by atoms with Gasteiger partial charge in [-0.05, 0) is 19.2 Å². The molecule has 0 spiro atoms. The number of aromatic nitrogens is 2. The normalized spacial score (nSPS) is 11.6. The summed E-state index contributed by atoms with van der Waals surface area (Å²) < 4.78 is 1.71. The number of nitrogens with one attached hydrogen (secondary N) is 1. The van der Waals surface area contributed by atoms with Crippen molar-refractivity contribution in [3.63, 3.8) is 0 Å². The Bertz CT molecular complexity index is 747. The number of benzene rings is 1. The first-order valence-corrected chi connectivity index (χ1v) is 8.09. The zero-order valence-electron chi connectivity index (χ0n) is 15.1. The summed E-state index contributed by atoms with van der Waals surface area (Å²) in [6.45, 7) is 6.29. The molecule has 3 N–H and O–H groups in total. The lowest BCUT2D eigenvalue weighted by Crippen LogP contribution is -2.36. The second-order valence-electron chi connectivity index (χ2n) is 7.10. The van der Waals surface area contributed by atoms with Crippen LogP contribution in [0.2, 0.25) is 0 Å². The first kappa shape index (κ1) is 18.7. The van der Waals surface area contributed by atoms with E-state index in [1.165, 1.54) is 0 Å². The predicted molar refractivity (Wildman–Crippen MR) is 97.6 cm³/mol. The van der Waals surface area contributed by atoms with Crippen LogP contribution in [0.4, 0.5) is 5.82 Å². The fraction of sp³-hybridized carbons (Fsp3) is 0.389. The van der Waals surface area contributed by atoms with E-state index in [-0.39, 0.29) is 24.4 Å². The average Bonchev–Trinajstić information content (AvgIpc) is 2.90. The molecule has 0 radical (unpaired) electrons. The monoisotopic (exact) mass is 343 g/mol. The van der Waals surface area contributed by atoms with Crippen LogP contribution in [0.1, 0.15) is 26.5 Å². The van der Waals surface area contributed by atoms with E-state index in [1.54, 1.807) is 16.6 Å². The maximum atomic E-state index is 12.3. The summed E-state index contributed by atoms with van der Waals surface area (Å²) in [5, 5.41) is 7.52. The second-order valence-corrected chi connectivity index (χ2v) is 7.10. The molecule has 0 aliphatic rings. The molecule has 25 heavy (non-hydrogen) atoms. The minimum absolute atomic E-state index is 0.0264. The van der Waals surface area contributed by atoms with Crippen molar-refractivity contribution in [2.24, 2.45) is 5.73 Å². The van der Waals surface area contributed by atoms with Gasteiger partial charge in [-0.25, -0.2) is 4.68 Å². The number of hydrogen-bond acceptors (Lipinski definition) is 4. The number of likely N-dealkylation sites (N-methyl/N-ethyl adjacent to an activating group) is 1. The van der Waals surface area contributed by atoms with Crippen molar-refractivity contribution in [3.05, 3.63) is 42.1 Å². The fourth-order valence-electron chi connectivity index (χ4n) is 2.35. The van der Waals surface area contributed by atoms with E-state index >= 15 is 0 Å². The van der Waals surface area contributed by atoms with Crippen molar-refractivity contribution in [1.82, 2.24) is 14.7 Å². The smallest absolute Gasteiger partial charge is 0.239 e. The van der Waals surface area contributed by atoms with E-state index in [4.69, 9.17) is 5.73 Å². The van der Waals surface area contributed by atoms with E-state index in [9.17, 15) is 9.59 Å². The third-order valence-electron chi connectivity index (χ3n) is 3.59. The lowest BCUT2D eigenvalue weighted by atomic mass is 9.92. The largest absolute Gasteiger partial charge is 0.369 e. The molecule has 0 aliphatic heterocycles. The van der Waals surface area contributed by atoms with Crippen molar-refractivity contribution >= 4 is 17.6 Å². The van der Waals surface area contributed by atoms with Gasteiger partial charge in [0.2, 0.25) is 11.8 Å². The zero-order valence-corrected chi connectivity index (χ0v) is 15.1. The number of hydrogen-bond donors (Lipinski definition) is 2. The van der Waals surface area contributed by atoms with Crippen molar-refractivity contribution < 1.29 is 9.59 Å². The maximum absolute atomic E-state index is 12.3. The molecule has 0 atom stereocenters. The summed E-state index contributed by atoms with van der Waals surface area (Å²) in [5.74, 6) is -0.116. The third kappa shape index (κ3) is 5.15. The molecule has 7 heteroatoms. The number of nitrogens with zero attached hydrogens (tertiary/aromatic N) is 3. The van der Waals surface area contributed by atoms with Gasteiger partial charge in [-0.15, -0.1) is 0 Å². The molecular formula is C18H25N5O2. The molecule has 7 nitrogen and oxygen atoms in total. The van der Waals surface area contributed by atoms with Crippen molar-refractivity contribution in [3.8, 4) is 5.69 Å². The highest BCUT2D eigenvalue weighted by Gasteiger charge is 2.21. The van der Waals surface area contributed by atoms with Gasteiger partial charge in [0, 0.05) is 11.5 Å². The van der Waals surface area contributed by atoms with Crippen LogP contribution >= 0.6 is 0 Å². The van der Waals surface area contributed by atoms with Gasteiger partial charge in [-0.2, -0.15) is 5.10 Å². The minimum atomic E-state index is -0.473. The number of anilines is 1. The first-order chi connectivity index (χ1) is 11.7. The van der Waals surface area contributed by atoms with Gasteiger partial charge < -0.3 is 11.1 Å². The number of rotatable bonds is 6. The van der Waals surface area contributed by atoms with Crippen LogP contribution in [-0.4, -0.2) is 46.6 Å². The predicted octanol–water partition coefficient (Wildman–Crippen LogP) is 1.53. The number of carbonyl (C=O) groups excluding carboxylic acids is 2. The number of primary amides is 1. The molecule has 0 bridgehead atoms. The second kappa shape index (κ2) is 7.48. The number of carbonyl (C=O) groups is 2. The molecule has 134 valence electrons. The minimum Gasteiger partial charge on any atom is -0.369 e. The van der Waals surface area contributed by atoms with Crippen LogP contribution in [0.5, 0.6) is 0 Å². The molecule has 2 rings (SSSR count). The summed E-state index contributed by atoms with van der Waals surface area (Å²) in [7, 11) is 1.67. The quantitative estimate of drug-likeness (QED) is 0.832. The van der Waals surface area contributed by atoms with Crippen LogP contribution in [0.15, 0.2) is 36.4 Å². The van der Waals surface area contributed by atoms with E-state index in [0.29, 0.717) is 5.82 Å². The molecule has 2 aromatic rings. The summed E-state index contributed by atoms with van der Waals surface area (Å²) in [6, 6.07) is 11.5. The van der Waals surface area contributed by atoms with Crippen LogP contribution in [0.25, 0.3) is 5.69 Å². The molecule has 0 saturated carbocycles. The van der Waals surface area contributed by atoms with E-state index in [2.05, 4.69) is 31.2 Å². The molecule has 0 saturated heterocycles. The van der Waals surface area contributed by atoms with Crippen LogP contribution < -0.4 is 11.1 Å². The maximum Gasteiger partial charge on any atom is 0.239 e. The van der Waals surface area contributed by atoms with Crippen molar-refractivity contribution in [2.45, 2.75) is 26.2 Å². The molecule has 0 unspecified atom stereocenters. The Balaban J connectivity index is 2.25. The topological polar surface area (TPSA) is 93.2 Å². The van der Waals surface area contributed by atoms with Gasteiger partial charge in [-0.3, -0.25) is 14.5 Å². The summed E-state index contributed by atoms with van der Waals surface area (Å²) >= 11 is 0. The van der Waals surface area contributed by atoms with Gasteiger partial charge in [0.1, 0.15) is 5.82 Å². The lowest BCUT2D eigenvalue weighted by Gasteiger charge is -2.14. The third-order valence-corrected chi connectivity index (χ3v) is 3.59. The van der Waals surface area contributed by atoms with Gasteiger partial charge in [0.25, 0.3) is 0 Å². The van der Waals surface area contributed by atoms with E-state index in [0.717, 1.165) is 11.4 Å². The molecule has 2 amide bonds. The highest BCUT2D eigenvalue weighted by atomic mass is 16.2. The Hall–Kier alpha value is -2.67. The lowest BCUT2D eigenvalue weighted by molar-refractivity contribution is -0.120. The summed E-state index contributed by atoms with van der Waals surface area (Å²) in [6.07, 6.45) is 0. The summed E-state index contributed by atoms with van der Waals surface area (Å²) in [5.41, 5.74) is 6.73. The molecular weight excluding hydrogens is 318 g/mol. The average molecular weight is 343 g/mol. The molecule has 1 aromatic carbocycles. The van der Waals surface area contributed by atoms with Gasteiger partial charge in [-0.1, -0.05) is 39.0 Å². The zero-order chi connectivity index (χ0) is 18.6. The van der Waals surface area contributed by atoms with Gasteiger partial charge >= 0.3 is 0 Å². The van der Waals surface area contributed by atoms with Crippen LogP contribution in [0.3, 0.4) is 0 Å². The standard InChI is InChI=1S/C18H25N5O2/c1-18(2,3)14-10-16(20-17(25)12-22(4)11-15(19)24)23(21-14)13-8-6-5-7-9-13/h5-10H,11-12H2,1-4H3,(H2,19,24)(H,20,25). The number of nitrogens with two attached hydrogens (primary N) is 1. The Labute approximate surface area is 147 Å². The van der Waals surface area contributed by atoms with E-state index < -0.39 is 5.91 Å². The Kier molecular flexibility index (Phi) is 5.58. The number of amides is 2. The highest BCUT2D eigenvalue weighted by molar-refractivity contribution is 5.92. The molecule has 0 aliphatic carbocycles. The van der Waals surface area contributed by atoms with Crippen molar-refractivity contribution in [2.75, 3.05) is 25.5 Å². The first-order valence-electron chi connectivity index (χ1n) is 8.09. The van der Waals surface area contributed by atoms with E-state index in [1.807, 2.05) is 36.4 Å². The number of para-hydroxylation sites is 1. The van der Waals surface area contributed by atoms with Gasteiger partial charge in [0.05, 0.1) is 24.5 Å². The van der Waals surface area contributed by atoms with Crippen LogP contribution in [-0.2, 0) is 15.0 Å². The fourth-order valence-corrected chi connectivity index (χ4v) is 2.35. The Morgan fingerprint density at radius 1 is 1.20 bits per heavy atom. The highest BCUT2D eigenvalue weighted by Crippen LogP contribution is 2.26. The van der Waals surface area contributed by atoms with Gasteiger partial charge in [0.15, 0.2) is 0 Å². The van der Waals surface area contributed by atoms with Crippen LogP contribution in [0, 0.1) is 0 Å². The molecule has 1 heterocycles. The SMILES string of the molecule is CN(CC(N)=O)CC(=O)Nc1cc(C(C)(C)C)nn1-c1ccccc1. The Morgan fingerprint density at radius 2 is 1.84 bits per heavy atom. The Morgan fingerprint density at radius 3 is 2.40 bits per heavy atom. The molecule has 1 aromatic heterocycles. The van der Waals surface area contributed by atoms with Crippen molar-refractivity contribution in [1.29, 1.82) is 0 Å². The molecule has 0 fully saturated rings.